The van der Waals surface area contributed by atoms with Crippen molar-refractivity contribution in [3.05, 3.63) is 58.5 Å². The van der Waals surface area contributed by atoms with Gasteiger partial charge in [0.25, 0.3) is 0 Å². The first-order valence-corrected chi connectivity index (χ1v) is 13.3. The van der Waals surface area contributed by atoms with Gasteiger partial charge in [0.1, 0.15) is 11.2 Å². The molecule has 0 aliphatic carbocycles. The lowest BCUT2D eigenvalue weighted by molar-refractivity contribution is 0.0517. The first-order valence-electron chi connectivity index (χ1n) is 13.3. The van der Waals surface area contributed by atoms with E-state index in [9.17, 15) is 9.59 Å². The molecule has 39 heavy (non-hydrogen) atoms. The molecule has 0 radical (unpaired) electrons. The highest BCUT2D eigenvalue weighted by atomic mass is 16.6. The fourth-order valence-electron chi connectivity index (χ4n) is 5.09. The van der Waals surface area contributed by atoms with Gasteiger partial charge in [-0.05, 0) is 59.7 Å². The highest BCUT2D eigenvalue weighted by Crippen LogP contribution is 2.27. The van der Waals surface area contributed by atoms with Crippen LogP contribution in [-0.2, 0) is 4.74 Å². The zero-order valence-corrected chi connectivity index (χ0v) is 23.4. The molecule has 1 unspecified atom stereocenters. The van der Waals surface area contributed by atoms with E-state index >= 15 is 0 Å². The summed E-state index contributed by atoms with van der Waals surface area (Å²) >= 11 is 0. The van der Waals surface area contributed by atoms with Gasteiger partial charge >= 0.3 is 11.7 Å². The normalized spacial score (nSPS) is 16.7. The van der Waals surface area contributed by atoms with Gasteiger partial charge in [-0.3, -0.25) is 9.88 Å². The fraction of sp³-hybridized carbons (Fsp3) is 0.448. The van der Waals surface area contributed by atoms with Crippen LogP contribution in [0.25, 0.3) is 27.9 Å². The molecule has 0 saturated carbocycles. The Morgan fingerprint density at radius 1 is 1.15 bits per heavy atom. The zero-order chi connectivity index (χ0) is 27.9. The van der Waals surface area contributed by atoms with E-state index in [0.717, 1.165) is 54.3 Å². The van der Waals surface area contributed by atoms with Crippen molar-refractivity contribution in [2.45, 2.75) is 53.2 Å². The number of hydrogen-bond donors (Lipinski definition) is 1. The number of nitrogens with zero attached hydrogens (tertiary/aromatic N) is 5. The highest BCUT2D eigenvalue weighted by Gasteiger charge is 2.25. The number of nitrogens with one attached hydrogen (secondary N) is 1. The number of carbonyl (C=O) groups excluding carboxylic acids is 1. The molecule has 1 amide bonds. The minimum Gasteiger partial charge on any atom is -0.444 e. The second-order valence-electron chi connectivity index (χ2n) is 11.3. The average molecular weight is 533 g/mol. The lowest BCUT2D eigenvalue weighted by Crippen LogP contribution is -2.53. The number of carbonyl (C=O) groups is 1. The molecule has 10 heteroatoms. The van der Waals surface area contributed by atoms with Crippen LogP contribution in [0.2, 0.25) is 0 Å². The Morgan fingerprint density at radius 3 is 2.69 bits per heavy atom. The van der Waals surface area contributed by atoms with Crippen LogP contribution >= 0.6 is 0 Å². The van der Waals surface area contributed by atoms with Crippen LogP contribution in [0.4, 0.5) is 10.5 Å². The van der Waals surface area contributed by atoms with E-state index in [1.54, 1.807) is 0 Å². The Hall–Kier alpha value is -3.92. The van der Waals surface area contributed by atoms with E-state index in [1.807, 2.05) is 69.6 Å². The standard InChI is InChI=1S/C29H36N6O4/c1-18-15-35-17-24(32-26(35)20(3)31-18)23-13-21-7-8-22(14-25(21)38-27(23)36)34-12-11-33(19(2)16-34)10-9-30-28(37)39-29(4,5)6/h7-8,13-15,17,19H,9-12,16H2,1-6H3,(H,30,37). The summed E-state index contributed by atoms with van der Waals surface area (Å²) < 4.78 is 13.0. The fourth-order valence-corrected chi connectivity index (χ4v) is 5.09. The molecule has 4 aromatic rings. The molecular formula is C29H36N6O4. The van der Waals surface area contributed by atoms with Gasteiger partial charge in [0.15, 0.2) is 5.65 Å². The molecule has 206 valence electrons. The van der Waals surface area contributed by atoms with E-state index in [0.29, 0.717) is 29.4 Å². The molecule has 1 aromatic carbocycles. The van der Waals surface area contributed by atoms with Crippen LogP contribution < -0.4 is 15.8 Å². The number of aromatic nitrogens is 3. The second kappa shape index (κ2) is 10.3. The maximum Gasteiger partial charge on any atom is 0.407 e. The number of benzene rings is 1. The topological polar surface area (TPSA) is 105 Å². The van der Waals surface area contributed by atoms with E-state index in [1.165, 1.54) is 0 Å². The number of ether oxygens (including phenoxy) is 1. The van der Waals surface area contributed by atoms with Gasteiger partial charge in [-0.1, -0.05) is 0 Å². The van der Waals surface area contributed by atoms with Crippen LogP contribution in [0.15, 0.2) is 45.9 Å². The molecule has 1 aliphatic rings. The molecule has 1 fully saturated rings. The van der Waals surface area contributed by atoms with Crippen molar-refractivity contribution >= 4 is 28.4 Å². The summed E-state index contributed by atoms with van der Waals surface area (Å²) in [5.74, 6) is 0. The Morgan fingerprint density at radius 2 is 1.95 bits per heavy atom. The number of anilines is 1. The number of amides is 1. The molecule has 10 nitrogen and oxygen atoms in total. The number of piperazine rings is 1. The molecule has 0 spiro atoms. The van der Waals surface area contributed by atoms with Crippen LogP contribution in [0, 0.1) is 13.8 Å². The molecule has 1 atom stereocenters. The predicted molar refractivity (Wildman–Crippen MR) is 151 cm³/mol. The van der Waals surface area contributed by atoms with Gasteiger partial charge < -0.3 is 23.8 Å². The maximum absolute atomic E-state index is 13.0. The van der Waals surface area contributed by atoms with Crippen LogP contribution in [-0.4, -0.2) is 69.7 Å². The lowest BCUT2D eigenvalue weighted by atomic mass is 10.1. The molecule has 1 saturated heterocycles. The van der Waals surface area contributed by atoms with Gasteiger partial charge in [-0.2, -0.15) is 0 Å². The Balaban J connectivity index is 1.27. The summed E-state index contributed by atoms with van der Waals surface area (Å²) in [5.41, 5.74) is 4.06. The summed E-state index contributed by atoms with van der Waals surface area (Å²) in [4.78, 5) is 38.7. The van der Waals surface area contributed by atoms with E-state index in [4.69, 9.17) is 9.15 Å². The predicted octanol–water partition coefficient (Wildman–Crippen LogP) is 4.15. The molecule has 4 heterocycles. The lowest BCUT2D eigenvalue weighted by Gasteiger charge is -2.41. The first-order chi connectivity index (χ1) is 18.5. The summed E-state index contributed by atoms with van der Waals surface area (Å²) in [6.07, 6.45) is 3.34. The minimum atomic E-state index is -0.506. The largest absolute Gasteiger partial charge is 0.444 e. The molecule has 0 bridgehead atoms. The summed E-state index contributed by atoms with van der Waals surface area (Å²) in [6, 6.07) is 8.14. The van der Waals surface area contributed by atoms with Crippen LogP contribution in [0.3, 0.4) is 0 Å². The van der Waals surface area contributed by atoms with Gasteiger partial charge in [0.05, 0.1) is 22.6 Å². The maximum atomic E-state index is 13.0. The highest BCUT2D eigenvalue weighted by molar-refractivity contribution is 5.84. The average Bonchev–Trinajstić information content (AvgIpc) is 3.27. The summed E-state index contributed by atoms with van der Waals surface area (Å²) in [5, 5.41) is 3.68. The van der Waals surface area contributed by atoms with E-state index in [2.05, 4.69) is 38.1 Å². The number of aryl methyl sites for hydroxylation is 2. The number of imidazole rings is 1. The number of rotatable bonds is 5. The summed E-state index contributed by atoms with van der Waals surface area (Å²) in [7, 11) is 0. The van der Waals surface area contributed by atoms with Gasteiger partial charge in [-0.15, -0.1) is 0 Å². The third-order valence-electron chi connectivity index (χ3n) is 6.92. The summed E-state index contributed by atoms with van der Waals surface area (Å²) in [6.45, 7) is 15.4. The molecule has 3 aromatic heterocycles. The van der Waals surface area contributed by atoms with Crippen molar-refractivity contribution in [1.82, 2.24) is 24.6 Å². The zero-order valence-electron chi connectivity index (χ0n) is 23.4. The minimum absolute atomic E-state index is 0.292. The Bertz CT molecular complexity index is 1580. The van der Waals surface area contributed by atoms with Crippen molar-refractivity contribution in [2.24, 2.45) is 0 Å². The molecular weight excluding hydrogens is 496 g/mol. The second-order valence-corrected chi connectivity index (χ2v) is 11.3. The van der Waals surface area contributed by atoms with Gasteiger partial charge in [-0.25, -0.2) is 14.6 Å². The van der Waals surface area contributed by atoms with Gasteiger partial charge in [0.2, 0.25) is 0 Å². The van der Waals surface area contributed by atoms with Crippen LogP contribution in [0.1, 0.15) is 39.1 Å². The Kier molecular flexibility index (Phi) is 7.07. The number of hydrogen-bond acceptors (Lipinski definition) is 8. The SMILES string of the molecule is Cc1cn2cc(-c3cc4ccc(N5CCN(CCNC(=O)OC(C)(C)C)C(C)C5)cc4oc3=O)nc2c(C)n1. The van der Waals surface area contributed by atoms with Crippen molar-refractivity contribution in [1.29, 1.82) is 0 Å². The monoisotopic (exact) mass is 532 g/mol. The van der Waals surface area contributed by atoms with Crippen molar-refractivity contribution in [2.75, 3.05) is 37.6 Å². The third-order valence-corrected chi connectivity index (χ3v) is 6.92. The van der Waals surface area contributed by atoms with Gasteiger partial charge in [0, 0.05) is 68.3 Å². The molecule has 5 rings (SSSR count). The molecule has 1 N–H and O–H groups in total. The smallest absolute Gasteiger partial charge is 0.407 e. The van der Waals surface area contributed by atoms with Crippen molar-refractivity contribution < 1.29 is 13.9 Å². The van der Waals surface area contributed by atoms with E-state index < -0.39 is 17.3 Å². The quantitative estimate of drug-likeness (QED) is 0.382. The Labute approximate surface area is 227 Å². The third kappa shape index (κ3) is 5.90. The van der Waals surface area contributed by atoms with Crippen molar-refractivity contribution in [3.8, 4) is 11.3 Å². The van der Waals surface area contributed by atoms with Crippen LogP contribution in [0.5, 0.6) is 0 Å². The van der Waals surface area contributed by atoms with Crippen molar-refractivity contribution in [3.63, 3.8) is 0 Å². The first kappa shape index (κ1) is 26.7. The van der Waals surface area contributed by atoms with E-state index in [-0.39, 0.29) is 0 Å². The number of alkyl carbamates (subject to hydrolysis) is 1. The number of fused-ring (bicyclic) bond motifs is 2. The molecule has 1 aliphatic heterocycles.